The van der Waals surface area contributed by atoms with E-state index in [-0.39, 0.29) is 38.0 Å². The van der Waals surface area contributed by atoms with Gasteiger partial charge >= 0.3 is 5.97 Å². The summed E-state index contributed by atoms with van der Waals surface area (Å²) in [4.78, 5) is 40.2. The molecule has 1 aliphatic rings. The summed E-state index contributed by atoms with van der Waals surface area (Å²) in [5.74, 6) is -0.404. The number of hydrogen-bond acceptors (Lipinski definition) is 6. The molecule has 0 aliphatic carbocycles. The highest BCUT2D eigenvalue weighted by Gasteiger charge is 2.25. The Labute approximate surface area is 161 Å². The second-order valence-electron chi connectivity index (χ2n) is 6.04. The number of likely N-dealkylation sites (N-methyl/N-ethyl adjacent to an activating group) is 1. The first-order chi connectivity index (χ1) is 13.0. The lowest BCUT2D eigenvalue weighted by Gasteiger charge is -2.29. The third-order valence-corrected chi connectivity index (χ3v) is 4.96. The van der Waals surface area contributed by atoms with Crippen LogP contribution in [0.25, 0.3) is 0 Å². The number of carbonyl (C=O) groups is 3. The standard InChI is InChI=1S/C19H20N2O5S/c1-20(11-14-5-4-10-27-14)17(22)12-26-19(24)8-9-21-15-6-2-3-7-16(15)25-13-18(21)23/h2-7,10H,8-9,11-13H2,1H3. The highest BCUT2D eigenvalue weighted by molar-refractivity contribution is 7.09. The van der Waals surface area contributed by atoms with Gasteiger partial charge in [-0.3, -0.25) is 14.4 Å². The Bertz CT molecular complexity index is 821. The summed E-state index contributed by atoms with van der Waals surface area (Å²) in [5, 5.41) is 1.94. The zero-order chi connectivity index (χ0) is 19.2. The molecule has 0 N–H and O–H groups in total. The summed E-state index contributed by atoms with van der Waals surface area (Å²) in [6.45, 7) is 0.288. The van der Waals surface area contributed by atoms with E-state index >= 15 is 0 Å². The molecule has 3 rings (SSSR count). The monoisotopic (exact) mass is 388 g/mol. The van der Waals surface area contributed by atoms with Gasteiger partial charge in [-0.05, 0) is 23.6 Å². The van der Waals surface area contributed by atoms with Crippen molar-refractivity contribution in [2.24, 2.45) is 0 Å². The Balaban J connectivity index is 1.46. The van der Waals surface area contributed by atoms with E-state index in [4.69, 9.17) is 9.47 Å². The molecule has 0 atom stereocenters. The molecule has 2 amide bonds. The quantitative estimate of drug-likeness (QED) is 0.679. The molecule has 0 bridgehead atoms. The minimum Gasteiger partial charge on any atom is -0.482 e. The number of rotatable bonds is 7. The highest BCUT2D eigenvalue weighted by Crippen LogP contribution is 2.31. The Morgan fingerprint density at radius 1 is 1.26 bits per heavy atom. The predicted octanol–water partition coefficient (Wildman–Crippen LogP) is 2.07. The van der Waals surface area contributed by atoms with Crippen molar-refractivity contribution in [2.45, 2.75) is 13.0 Å². The number of carbonyl (C=O) groups excluding carboxylic acids is 3. The van der Waals surface area contributed by atoms with Crippen LogP contribution in [-0.4, -0.2) is 49.5 Å². The summed E-state index contributed by atoms with van der Waals surface area (Å²) in [6.07, 6.45) is 0.00198. The maximum atomic E-state index is 12.1. The van der Waals surface area contributed by atoms with Gasteiger partial charge in [0.15, 0.2) is 13.2 Å². The smallest absolute Gasteiger partial charge is 0.308 e. The van der Waals surface area contributed by atoms with E-state index in [1.54, 1.807) is 36.6 Å². The second-order valence-corrected chi connectivity index (χ2v) is 7.07. The Hall–Kier alpha value is -2.87. The molecular weight excluding hydrogens is 368 g/mol. The summed E-state index contributed by atoms with van der Waals surface area (Å²) < 4.78 is 10.4. The third kappa shape index (κ3) is 4.85. The van der Waals surface area contributed by atoms with Gasteiger partial charge in [-0.2, -0.15) is 0 Å². The highest BCUT2D eigenvalue weighted by atomic mass is 32.1. The van der Waals surface area contributed by atoms with Gasteiger partial charge in [-0.15, -0.1) is 11.3 Å². The van der Waals surface area contributed by atoms with E-state index in [1.165, 1.54) is 9.80 Å². The summed E-state index contributed by atoms with van der Waals surface area (Å²) in [7, 11) is 1.67. The van der Waals surface area contributed by atoms with Crippen molar-refractivity contribution in [3.63, 3.8) is 0 Å². The van der Waals surface area contributed by atoms with Crippen LogP contribution < -0.4 is 9.64 Å². The molecule has 0 saturated carbocycles. The van der Waals surface area contributed by atoms with Gasteiger partial charge in [0.25, 0.3) is 11.8 Å². The van der Waals surface area contributed by atoms with Crippen molar-refractivity contribution in [3.05, 3.63) is 46.7 Å². The van der Waals surface area contributed by atoms with E-state index in [1.807, 2.05) is 23.6 Å². The number of fused-ring (bicyclic) bond motifs is 1. The molecule has 1 aromatic heterocycles. The second kappa shape index (κ2) is 8.68. The zero-order valence-corrected chi connectivity index (χ0v) is 15.7. The lowest BCUT2D eigenvalue weighted by atomic mass is 10.2. The van der Waals surface area contributed by atoms with Crippen molar-refractivity contribution in [1.29, 1.82) is 0 Å². The normalized spacial score (nSPS) is 12.9. The topological polar surface area (TPSA) is 76.2 Å². The van der Waals surface area contributed by atoms with Crippen LogP contribution in [0, 0.1) is 0 Å². The van der Waals surface area contributed by atoms with Gasteiger partial charge in [0.2, 0.25) is 0 Å². The molecule has 1 aromatic carbocycles. The summed E-state index contributed by atoms with van der Waals surface area (Å²) in [5.41, 5.74) is 0.633. The number of esters is 1. The largest absolute Gasteiger partial charge is 0.482 e. The molecule has 2 heterocycles. The van der Waals surface area contributed by atoms with Crippen LogP contribution in [0.1, 0.15) is 11.3 Å². The molecule has 1 aliphatic heterocycles. The first-order valence-corrected chi connectivity index (χ1v) is 9.36. The first-order valence-electron chi connectivity index (χ1n) is 8.49. The van der Waals surface area contributed by atoms with Crippen LogP contribution in [0.4, 0.5) is 5.69 Å². The van der Waals surface area contributed by atoms with Crippen LogP contribution in [0.5, 0.6) is 5.75 Å². The van der Waals surface area contributed by atoms with Crippen molar-refractivity contribution in [3.8, 4) is 5.75 Å². The number of thiophene rings is 1. The van der Waals surface area contributed by atoms with Crippen molar-refractivity contribution in [1.82, 2.24) is 4.90 Å². The zero-order valence-electron chi connectivity index (χ0n) is 14.9. The van der Waals surface area contributed by atoms with E-state index in [2.05, 4.69) is 0 Å². The molecule has 0 unspecified atom stereocenters. The lowest BCUT2D eigenvalue weighted by Crippen LogP contribution is -2.40. The SMILES string of the molecule is CN(Cc1cccs1)C(=O)COC(=O)CCN1C(=O)COc2ccccc21. The molecule has 7 nitrogen and oxygen atoms in total. The van der Waals surface area contributed by atoms with Gasteiger partial charge in [0, 0.05) is 18.5 Å². The van der Waals surface area contributed by atoms with E-state index in [0.29, 0.717) is 18.0 Å². The van der Waals surface area contributed by atoms with Crippen LogP contribution in [0.2, 0.25) is 0 Å². The number of nitrogens with zero attached hydrogens (tertiary/aromatic N) is 2. The fraction of sp³-hybridized carbons (Fsp3) is 0.316. The fourth-order valence-corrected chi connectivity index (χ4v) is 3.41. The molecule has 0 spiro atoms. The lowest BCUT2D eigenvalue weighted by molar-refractivity contribution is -0.151. The molecule has 27 heavy (non-hydrogen) atoms. The third-order valence-electron chi connectivity index (χ3n) is 4.10. The molecule has 2 aromatic rings. The summed E-state index contributed by atoms with van der Waals surface area (Å²) in [6, 6.07) is 11.0. The van der Waals surface area contributed by atoms with Crippen LogP contribution in [0.3, 0.4) is 0 Å². The van der Waals surface area contributed by atoms with Gasteiger partial charge < -0.3 is 19.3 Å². The molecule has 8 heteroatoms. The average Bonchev–Trinajstić information content (AvgIpc) is 3.18. The van der Waals surface area contributed by atoms with Gasteiger partial charge in [0.05, 0.1) is 18.7 Å². The predicted molar refractivity (Wildman–Crippen MR) is 101 cm³/mol. The number of para-hydroxylation sites is 2. The average molecular weight is 388 g/mol. The Morgan fingerprint density at radius 3 is 2.85 bits per heavy atom. The Morgan fingerprint density at radius 2 is 2.07 bits per heavy atom. The van der Waals surface area contributed by atoms with Gasteiger partial charge in [-0.1, -0.05) is 18.2 Å². The van der Waals surface area contributed by atoms with E-state index in [9.17, 15) is 14.4 Å². The van der Waals surface area contributed by atoms with Gasteiger partial charge in [0.1, 0.15) is 5.75 Å². The van der Waals surface area contributed by atoms with Crippen molar-refractivity contribution in [2.75, 3.05) is 31.7 Å². The maximum absolute atomic E-state index is 12.1. The number of anilines is 1. The number of ether oxygens (including phenoxy) is 2. The first kappa shape index (κ1) is 18.9. The van der Waals surface area contributed by atoms with Crippen molar-refractivity contribution >= 4 is 34.8 Å². The molecule has 0 saturated heterocycles. The minimum atomic E-state index is -0.523. The van der Waals surface area contributed by atoms with Crippen LogP contribution in [-0.2, 0) is 25.7 Å². The van der Waals surface area contributed by atoms with Gasteiger partial charge in [-0.25, -0.2) is 0 Å². The number of amides is 2. The Kier molecular flexibility index (Phi) is 6.08. The number of benzene rings is 1. The molecule has 0 radical (unpaired) electrons. The number of hydrogen-bond donors (Lipinski definition) is 0. The molecule has 142 valence electrons. The van der Waals surface area contributed by atoms with E-state index < -0.39 is 5.97 Å². The van der Waals surface area contributed by atoms with Crippen LogP contribution >= 0.6 is 11.3 Å². The van der Waals surface area contributed by atoms with Crippen molar-refractivity contribution < 1.29 is 23.9 Å². The minimum absolute atomic E-state index is 0.00198. The van der Waals surface area contributed by atoms with E-state index in [0.717, 1.165) is 4.88 Å². The van der Waals surface area contributed by atoms with Crippen LogP contribution in [0.15, 0.2) is 41.8 Å². The maximum Gasteiger partial charge on any atom is 0.308 e. The molecule has 0 fully saturated rings. The molecular formula is C19H20N2O5S. The fourth-order valence-electron chi connectivity index (χ4n) is 2.65. The summed E-state index contributed by atoms with van der Waals surface area (Å²) >= 11 is 1.56.